The second-order valence-electron chi connectivity index (χ2n) is 5.12. The number of nitrogens with zero attached hydrogens (tertiary/aromatic N) is 1. The fourth-order valence-electron chi connectivity index (χ4n) is 2.41. The topological polar surface area (TPSA) is 50.8 Å². The molecule has 1 aromatic carbocycles. The van der Waals surface area contributed by atoms with E-state index in [9.17, 15) is 13.6 Å². The number of likely N-dealkylation sites (tertiary alicyclic amines) is 1. The summed E-state index contributed by atoms with van der Waals surface area (Å²) in [6.07, 6.45) is 1.38. The summed E-state index contributed by atoms with van der Waals surface area (Å²) in [5, 5.41) is 3.59. The number of rotatable bonds is 4. The highest BCUT2D eigenvalue weighted by Gasteiger charge is 2.26. The predicted octanol–water partition coefficient (Wildman–Crippen LogP) is 2.87. The van der Waals surface area contributed by atoms with Gasteiger partial charge in [0.1, 0.15) is 5.75 Å². The van der Waals surface area contributed by atoms with Crippen LogP contribution in [0.4, 0.5) is 14.5 Å². The summed E-state index contributed by atoms with van der Waals surface area (Å²) in [5.41, 5.74) is 0.687. The maximum absolute atomic E-state index is 12.1. The lowest BCUT2D eigenvalue weighted by molar-refractivity contribution is -0.146. The first-order valence-corrected chi connectivity index (χ1v) is 7.59. The van der Waals surface area contributed by atoms with Crippen LogP contribution in [0.25, 0.3) is 0 Å². The average molecular weight is 344 g/mol. The lowest BCUT2D eigenvalue weighted by atomic mass is 9.97. The van der Waals surface area contributed by atoms with E-state index in [4.69, 9.17) is 17.0 Å². The molecule has 0 aromatic heterocycles. The molecule has 0 aliphatic carbocycles. The summed E-state index contributed by atoms with van der Waals surface area (Å²) < 4.78 is 33.2. The standard InChI is InChI=1S/C15H18F2N2O3S/c1-21-13(20)10-6-8-19(9-7-10)15(23)18-11-2-4-12(5-3-11)22-14(16)17/h2-5,10,14H,6-9H2,1H3,(H,18,23). The van der Waals surface area contributed by atoms with Crippen LogP contribution in [0.2, 0.25) is 0 Å². The van der Waals surface area contributed by atoms with Crippen LogP contribution in [0.5, 0.6) is 5.75 Å². The molecule has 0 spiro atoms. The van der Waals surface area contributed by atoms with Gasteiger partial charge in [-0.25, -0.2) is 0 Å². The maximum atomic E-state index is 12.1. The minimum atomic E-state index is -2.84. The van der Waals surface area contributed by atoms with Crippen LogP contribution < -0.4 is 10.1 Å². The van der Waals surface area contributed by atoms with Crippen molar-refractivity contribution >= 4 is 29.0 Å². The number of hydrogen-bond donors (Lipinski definition) is 1. The van der Waals surface area contributed by atoms with Crippen molar-refractivity contribution < 1.29 is 23.0 Å². The molecule has 0 atom stereocenters. The summed E-state index contributed by atoms with van der Waals surface area (Å²) >= 11 is 5.34. The molecule has 0 radical (unpaired) electrons. The molecule has 126 valence electrons. The van der Waals surface area contributed by atoms with Gasteiger partial charge in [0, 0.05) is 18.8 Å². The number of esters is 1. The SMILES string of the molecule is COC(=O)C1CCN(C(=S)Nc2ccc(OC(F)F)cc2)CC1. The van der Waals surface area contributed by atoms with Crippen molar-refractivity contribution in [1.29, 1.82) is 0 Å². The molecule has 2 rings (SSSR count). The number of benzene rings is 1. The Bertz CT molecular complexity index is 546. The number of carbonyl (C=O) groups is 1. The van der Waals surface area contributed by atoms with Gasteiger partial charge in [0.05, 0.1) is 13.0 Å². The van der Waals surface area contributed by atoms with Crippen molar-refractivity contribution in [3.8, 4) is 5.75 Å². The normalized spacial score (nSPS) is 15.4. The quantitative estimate of drug-likeness (QED) is 0.670. The van der Waals surface area contributed by atoms with Crippen LogP contribution in [0.1, 0.15) is 12.8 Å². The van der Waals surface area contributed by atoms with E-state index in [1.54, 1.807) is 12.1 Å². The zero-order valence-corrected chi connectivity index (χ0v) is 13.4. The minimum absolute atomic E-state index is 0.0789. The van der Waals surface area contributed by atoms with Gasteiger partial charge in [-0.2, -0.15) is 8.78 Å². The number of hydrogen-bond acceptors (Lipinski definition) is 4. The smallest absolute Gasteiger partial charge is 0.387 e. The molecule has 1 aromatic rings. The molecule has 0 amide bonds. The monoisotopic (exact) mass is 344 g/mol. The number of ether oxygens (including phenoxy) is 2. The molecule has 0 saturated carbocycles. The second-order valence-corrected chi connectivity index (χ2v) is 5.50. The van der Waals surface area contributed by atoms with Crippen LogP contribution in [-0.4, -0.2) is 42.8 Å². The van der Waals surface area contributed by atoms with E-state index in [1.807, 2.05) is 4.90 Å². The first-order chi connectivity index (χ1) is 11.0. The number of halogens is 2. The van der Waals surface area contributed by atoms with Crippen LogP contribution in [0.15, 0.2) is 24.3 Å². The third kappa shape index (κ3) is 5.02. The number of nitrogens with one attached hydrogen (secondary N) is 1. The van der Waals surface area contributed by atoms with Crippen LogP contribution >= 0.6 is 12.2 Å². The van der Waals surface area contributed by atoms with E-state index in [1.165, 1.54) is 19.2 Å². The van der Waals surface area contributed by atoms with Crippen molar-refractivity contribution in [2.45, 2.75) is 19.5 Å². The Balaban J connectivity index is 1.84. The molecule has 5 nitrogen and oxygen atoms in total. The van der Waals surface area contributed by atoms with E-state index in [0.717, 1.165) is 0 Å². The number of anilines is 1. The van der Waals surface area contributed by atoms with Crippen molar-refractivity contribution in [2.75, 3.05) is 25.5 Å². The van der Waals surface area contributed by atoms with E-state index in [0.29, 0.717) is 36.7 Å². The molecule has 1 heterocycles. The lowest BCUT2D eigenvalue weighted by Crippen LogP contribution is -2.42. The molecule has 1 N–H and O–H groups in total. The van der Waals surface area contributed by atoms with Gasteiger partial charge < -0.3 is 19.7 Å². The van der Waals surface area contributed by atoms with Crippen LogP contribution in [-0.2, 0) is 9.53 Å². The van der Waals surface area contributed by atoms with E-state index in [2.05, 4.69) is 10.1 Å². The number of thiocarbonyl (C=S) groups is 1. The number of methoxy groups -OCH3 is 1. The molecular formula is C15H18F2N2O3S. The van der Waals surface area contributed by atoms with E-state index < -0.39 is 6.61 Å². The highest BCUT2D eigenvalue weighted by molar-refractivity contribution is 7.80. The Kier molecular flexibility index (Phi) is 6.09. The van der Waals surface area contributed by atoms with Gasteiger partial charge in [-0.1, -0.05) is 0 Å². The Morgan fingerprint density at radius 3 is 2.43 bits per heavy atom. The highest BCUT2D eigenvalue weighted by atomic mass is 32.1. The van der Waals surface area contributed by atoms with Gasteiger partial charge in [-0.3, -0.25) is 4.79 Å². The number of carbonyl (C=O) groups excluding carboxylic acids is 1. The third-order valence-corrected chi connectivity index (χ3v) is 4.01. The zero-order valence-electron chi connectivity index (χ0n) is 12.6. The predicted molar refractivity (Wildman–Crippen MR) is 85.6 cm³/mol. The number of piperidine rings is 1. The molecule has 23 heavy (non-hydrogen) atoms. The first kappa shape index (κ1) is 17.4. The molecule has 1 saturated heterocycles. The molecule has 1 fully saturated rings. The van der Waals surface area contributed by atoms with Gasteiger partial charge in [0.25, 0.3) is 0 Å². The second kappa shape index (κ2) is 8.05. The fourth-order valence-corrected chi connectivity index (χ4v) is 2.71. The van der Waals surface area contributed by atoms with Gasteiger partial charge in [-0.05, 0) is 49.3 Å². The largest absolute Gasteiger partial charge is 0.469 e. The van der Waals surface area contributed by atoms with E-state index in [-0.39, 0.29) is 17.6 Å². The molecule has 1 aliphatic rings. The summed E-state index contributed by atoms with van der Waals surface area (Å²) in [7, 11) is 1.39. The van der Waals surface area contributed by atoms with E-state index >= 15 is 0 Å². The average Bonchev–Trinajstić information content (AvgIpc) is 2.55. The number of alkyl halides is 2. The first-order valence-electron chi connectivity index (χ1n) is 7.18. The van der Waals surface area contributed by atoms with Crippen molar-refractivity contribution in [2.24, 2.45) is 5.92 Å². The van der Waals surface area contributed by atoms with Gasteiger partial charge in [-0.15, -0.1) is 0 Å². The Labute approximate surface area is 138 Å². The molecule has 1 aliphatic heterocycles. The van der Waals surface area contributed by atoms with Gasteiger partial charge in [0.2, 0.25) is 0 Å². The van der Waals surface area contributed by atoms with Crippen molar-refractivity contribution in [1.82, 2.24) is 4.90 Å². The van der Waals surface area contributed by atoms with Crippen molar-refractivity contribution in [3.63, 3.8) is 0 Å². The van der Waals surface area contributed by atoms with Gasteiger partial charge in [0.15, 0.2) is 5.11 Å². The summed E-state index contributed by atoms with van der Waals surface area (Å²) in [6.45, 7) is -1.51. The van der Waals surface area contributed by atoms with Crippen LogP contribution in [0.3, 0.4) is 0 Å². The summed E-state index contributed by atoms with van der Waals surface area (Å²) in [6, 6.07) is 6.12. The zero-order chi connectivity index (χ0) is 16.8. The fraction of sp³-hybridized carbons (Fsp3) is 0.467. The maximum Gasteiger partial charge on any atom is 0.387 e. The molecule has 8 heteroatoms. The Morgan fingerprint density at radius 2 is 1.91 bits per heavy atom. The van der Waals surface area contributed by atoms with Crippen molar-refractivity contribution in [3.05, 3.63) is 24.3 Å². The molecule has 0 bridgehead atoms. The van der Waals surface area contributed by atoms with Gasteiger partial charge >= 0.3 is 12.6 Å². The summed E-state index contributed by atoms with van der Waals surface area (Å²) in [5.74, 6) is -0.168. The molecule has 0 unspecified atom stereocenters. The minimum Gasteiger partial charge on any atom is -0.469 e. The van der Waals surface area contributed by atoms with Crippen LogP contribution in [0, 0.1) is 5.92 Å². The Hall–Kier alpha value is -1.96. The lowest BCUT2D eigenvalue weighted by Gasteiger charge is -2.32. The highest BCUT2D eigenvalue weighted by Crippen LogP contribution is 2.21. The molecular weight excluding hydrogens is 326 g/mol. The third-order valence-electron chi connectivity index (χ3n) is 3.65. The Morgan fingerprint density at radius 1 is 1.30 bits per heavy atom. The summed E-state index contributed by atoms with van der Waals surface area (Å²) in [4.78, 5) is 13.5.